The first-order chi connectivity index (χ1) is 13.7. The van der Waals surface area contributed by atoms with E-state index in [-0.39, 0.29) is 0 Å². The zero-order chi connectivity index (χ0) is 19.6. The van der Waals surface area contributed by atoms with Crippen molar-refractivity contribution in [2.24, 2.45) is 10.9 Å². The summed E-state index contributed by atoms with van der Waals surface area (Å²) in [5.74, 6) is 2.22. The summed E-state index contributed by atoms with van der Waals surface area (Å²) in [7, 11) is 1.79. The Balaban J connectivity index is 1.46. The van der Waals surface area contributed by atoms with E-state index in [9.17, 15) is 0 Å². The second-order valence-electron chi connectivity index (χ2n) is 7.13. The second-order valence-corrected chi connectivity index (χ2v) is 7.13. The predicted octanol–water partition coefficient (Wildman–Crippen LogP) is 2.36. The van der Waals surface area contributed by atoms with E-state index in [2.05, 4.69) is 45.8 Å². The summed E-state index contributed by atoms with van der Waals surface area (Å²) in [5.41, 5.74) is 2.33. The molecule has 1 aliphatic rings. The zero-order valence-corrected chi connectivity index (χ0v) is 16.9. The lowest BCUT2D eigenvalue weighted by atomic mass is 10.1. The molecule has 1 saturated heterocycles. The number of ether oxygens (including phenoxy) is 2. The molecular weight excluding hydrogens is 354 g/mol. The van der Waals surface area contributed by atoms with Gasteiger partial charge in [0.1, 0.15) is 5.75 Å². The van der Waals surface area contributed by atoms with E-state index in [1.54, 1.807) is 13.2 Å². The van der Waals surface area contributed by atoms with Gasteiger partial charge in [0, 0.05) is 57.2 Å². The van der Waals surface area contributed by atoms with Gasteiger partial charge in [-0.05, 0) is 37.5 Å². The SMILES string of the molecule is CN=C(NCCCn1cccn1)NCc1ccc(C)cc1OCC1CCOC1. The van der Waals surface area contributed by atoms with E-state index < -0.39 is 0 Å². The van der Waals surface area contributed by atoms with Gasteiger partial charge in [-0.25, -0.2) is 0 Å². The van der Waals surface area contributed by atoms with Gasteiger partial charge in [-0.15, -0.1) is 0 Å². The highest BCUT2D eigenvalue weighted by atomic mass is 16.5. The summed E-state index contributed by atoms with van der Waals surface area (Å²) < 4.78 is 13.5. The molecule has 3 rings (SSSR count). The average molecular weight is 386 g/mol. The van der Waals surface area contributed by atoms with E-state index in [0.717, 1.165) is 56.4 Å². The maximum absolute atomic E-state index is 6.12. The molecule has 0 spiro atoms. The third-order valence-electron chi connectivity index (χ3n) is 4.81. The Bertz CT molecular complexity index is 739. The minimum absolute atomic E-state index is 0.491. The smallest absolute Gasteiger partial charge is 0.191 e. The fraction of sp³-hybridized carbons (Fsp3) is 0.524. The molecule has 7 heteroatoms. The van der Waals surface area contributed by atoms with E-state index in [4.69, 9.17) is 9.47 Å². The Kier molecular flexibility index (Phi) is 7.72. The fourth-order valence-electron chi connectivity index (χ4n) is 3.14. The molecule has 2 aromatic rings. The molecule has 28 heavy (non-hydrogen) atoms. The molecule has 1 aromatic heterocycles. The van der Waals surface area contributed by atoms with Crippen LogP contribution in [0.2, 0.25) is 0 Å². The van der Waals surface area contributed by atoms with Crippen molar-refractivity contribution >= 4 is 5.96 Å². The highest BCUT2D eigenvalue weighted by Gasteiger charge is 2.17. The van der Waals surface area contributed by atoms with Gasteiger partial charge in [0.2, 0.25) is 0 Å². The van der Waals surface area contributed by atoms with Gasteiger partial charge in [-0.3, -0.25) is 9.67 Å². The van der Waals surface area contributed by atoms with Crippen LogP contribution in [-0.4, -0.2) is 49.2 Å². The van der Waals surface area contributed by atoms with Crippen molar-refractivity contribution in [1.82, 2.24) is 20.4 Å². The molecule has 0 aliphatic carbocycles. The van der Waals surface area contributed by atoms with Crippen LogP contribution in [0.25, 0.3) is 0 Å². The van der Waals surface area contributed by atoms with Crippen LogP contribution < -0.4 is 15.4 Å². The monoisotopic (exact) mass is 385 g/mol. The van der Waals surface area contributed by atoms with Gasteiger partial charge in [-0.1, -0.05) is 12.1 Å². The molecule has 1 aliphatic heterocycles. The highest BCUT2D eigenvalue weighted by Crippen LogP contribution is 2.22. The van der Waals surface area contributed by atoms with Crippen LogP contribution in [0.4, 0.5) is 0 Å². The lowest BCUT2D eigenvalue weighted by Crippen LogP contribution is -2.37. The number of aliphatic imine (C=N–C) groups is 1. The summed E-state index contributed by atoms with van der Waals surface area (Å²) in [4.78, 5) is 4.31. The number of guanidine groups is 1. The fourth-order valence-corrected chi connectivity index (χ4v) is 3.14. The van der Waals surface area contributed by atoms with Crippen molar-refractivity contribution in [1.29, 1.82) is 0 Å². The first kappa shape index (κ1) is 20.2. The summed E-state index contributed by atoms with van der Waals surface area (Å²) in [6.45, 7) is 6.82. The van der Waals surface area contributed by atoms with E-state index >= 15 is 0 Å². The molecule has 2 heterocycles. The number of aromatic nitrogens is 2. The van der Waals surface area contributed by atoms with E-state index in [1.807, 2.05) is 16.9 Å². The summed E-state index contributed by atoms with van der Waals surface area (Å²) in [6.07, 6.45) is 5.83. The van der Waals surface area contributed by atoms with Crippen molar-refractivity contribution < 1.29 is 9.47 Å². The molecule has 1 aromatic carbocycles. The number of hydrogen-bond acceptors (Lipinski definition) is 4. The van der Waals surface area contributed by atoms with Crippen LogP contribution >= 0.6 is 0 Å². The number of benzene rings is 1. The molecule has 1 unspecified atom stereocenters. The molecule has 0 bridgehead atoms. The minimum Gasteiger partial charge on any atom is -0.493 e. The third-order valence-corrected chi connectivity index (χ3v) is 4.81. The molecular formula is C21H31N5O2. The first-order valence-electron chi connectivity index (χ1n) is 9.96. The molecule has 0 amide bonds. The number of nitrogens with zero attached hydrogens (tertiary/aromatic N) is 3. The maximum Gasteiger partial charge on any atom is 0.191 e. The van der Waals surface area contributed by atoms with Crippen molar-refractivity contribution in [2.45, 2.75) is 32.9 Å². The lowest BCUT2D eigenvalue weighted by Gasteiger charge is -2.17. The summed E-state index contributed by atoms with van der Waals surface area (Å²) >= 11 is 0. The quantitative estimate of drug-likeness (QED) is 0.394. The Labute approximate surface area is 167 Å². The first-order valence-corrected chi connectivity index (χ1v) is 9.96. The van der Waals surface area contributed by atoms with Gasteiger partial charge in [0.25, 0.3) is 0 Å². The Morgan fingerprint density at radius 2 is 2.32 bits per heavy atom. The minimum atomic E-state index is 0.491. The van der Waals surface area contributed by atoms with Gasteiger partial charge >= 0.3 is 0 Å². The van der Waals surface area contributed by atoms with E-state index in [0.29, 0.717) is 19.1 Å². The summed E-state index contributed by atoms with van der Waals surface area (Å²) in [5, 5.41) is 10.9. The van der Waals surface area contributed by atoms with Crippen molar-refractivity contribution in [3.05, 3.63) is 47.8 Å². The Morgan fingerprint density at radius 1 is 1.39 bits per heavy atom. The normalized spacial score (nSPS) is 16.9. The van der Waals surface area contributed by atoms with Crippen LogP contribution in [0, 0.1) is 12.8 Å². The van der Waals surface area contributed by atoms with Crippen molar-refractivity contribution in [3.63, 3.8) is 0 Å². The van der Waals surface area contributed by atoms with Crippen LogP contribution in [0.1, 0.15) is 24.0 Å². The van der Waals surface area contributed by atoms with Gasteiger partial charge < -0.3 is 20.1 Å². The molecule has 1 fully saturated rings. The second kappa shape index (κ2) is 10.7. The molecule has 0 saturated carbocycles. The lowest BCUT2D eigenvalue weighted by molar-refractivity contribution is 0.166. The van der Waals surface area contributed by atoms with Crippen LogP contribution in [0.3, 0.4) is 0 Å². The number of aryl methyl sites for hydroxylation is 2. The van der Waals surface area contributed by atoms with Crippen LogP contribution in [0.5, 0.6) is 5.75 Å². The molecule has 2 N–H and O–H groups in total. The van der Waals surface area contributed by atoms with Gasteiger partial charge in [-0.2, -0.15) is 5.10 Å². The number of rotatable bonds is 9. The Morgan fingerprint density at radius 3 is 3.07 bits per heavy atom. The van der Waals surface area contributed by atoms with Crippen molar-refractivity contribution in [2.75, 3.05) is 33.4 Å². The van der Waals surface area contributed by atoms with E-state index in [1.165, 1.54) is 5.56 Å². The van der Waals surface area contributed by atoms with Crippen molar-refractivity contribution in [3.8, 4) is 5.75 Å². The maximum atomic E-state index is 6.12. The van der Waals surface area contributed by atoms with Gasteiger partial charge in [0.05, 0.1) is 13.2 Å². The third kappa shape index (κ3) is 6.27. The number of hydrogen-bond donors (Lipinski definition) is 2. The topological polar surface area (TPSA) is 72.7 Å². The molecule has 152 valence electrons. The average Bonchev–Trinajstić information content (AvgIpc) is 3.41. The Hall–Kier alpha value is -2.54. The predicted molar refractivity (Wildman–Crippen MR) is 111 cm³/mol. The molecule has 1 atom stereocenters. The van der Waals surface area contributed by atoms with Gasteiger partial charge in [0.15, 0.2) is 5.96 Å². The highest BCUT2D eigenvalue weighted by molar-refractivity contribution is 5.79. The van der Waals surface area contributed by atoms with Crippen LogP contribution in [-0.2, 0) is 17.8 Å². The zero-order valence-electron chi connectivity index (χ0n) is 16.9. The standard InChI is InChI=1S/C21H31N5O2/c1-17-5-6-19(20(13-17)28-16-18-7-12-27-15-18)14-24-21(22-2)23-8-3-10-26-11-4-9-25-26/h4-6,9,11,13,18H,3,7-8,10,12,14-16H2,1-2H3,(H2,22,23,24). The molecule has 7 nitrogen and oxygen atoms in total. The summed E-state index contributed by atoms with van der Waals surface area (Å²) in [6, 6.07) is 8.28. The largest absolute Gasteiger partial charge is 0.493 e. The van der Waals surface area contributed by atoms with Crippen LogP contribution in [0.15, 0.2) is 41.7 Å². The molecule has 0 radical (unpaired) electrons. The number of nitrogens with one attached hydrogen (secondary N) is 2.